The smallest absolute Gasteiger partial charge is 0.192 e. The molecule has 1 aromatic rings. The van der Waals surface area contributed by atoms with E-state index >= 15 is 0 Å². The molecule has 0 radical (unpaired) electrons. The number of ether oxygens (including phenoxy) is 1. The first-order valence-corrected chi connectivity index (χ1v) is 4.77. The second kappa shape index (κ2) is 5.42. The zero-order valence-corrected chi connectivity index (χ0v) is 8.70. The molecule has 0 saturated carbocycles. The number of aliphatic hydroxyl groups excluding tert-OH is 1. The van der Waals surface area contributed by atoms with E-state index in [2.05, 4.69) is 0 Å². The van der Waals surface area contributed by atoms with E-state index in [0.29, 0.717) is 6.42 Å². The molecule has 0 fully saturated rings. The van der Waals surface area contributed by atoms with Crippen molar-refractivity contribution in [1.82, 2.24) is 0 Å². The maximum absolute atomic E-state index is 13.3. The molecule has 0 saturated heterocycles. The summed E-state index contributed by atoms with van der Waals surface area (Å²) in [5, 5.41) is 17.3. The summed E-state index contributed by atoms with van der Waals surface area (Å²) in [5.41, 5.74) is 0.118. The van der Waals surface area contributed by atoms with Gasteiger partial charge in [0.1, 0.15) is 6.07 Å². The molecular weight excluding hydrogens is 216 g/mol. The van der Waals surface area contributed by atoms with Crippen molar-refractivity contribution in [3.8, 4) is 11.8 Å². The van der Waals surface area contributed by atoms with Crippen LogP contribution in [0.3, 0.4) is 0 Å². The average molecular weight is 227 g/mol. The maximum Gasteiger partial charge on any atom is 0.192 e. The zero-order chi connectivity index (χ0) is 12.1. The summed E-state index contributed by atoms with van der Waals surface area (Å²) >= 11 is 0. The van der Waals surface area contributed by atoms with Gasteiger partial charge in [0.2, 0.25) is 0 Å². The molecule has 0 bridgehead atoms. The number of rotatable bonds is 4. The first-order valence-electron chi connectivity index (χ1n) is 4.77. The number of halogens is 2. The number of benzene rings is 1. The molecule has 0 aromatic heterocycles. The van der Waals surface area contributed by atoms with Gasteiger partial charge in [-0.15, -0.1) is 0 Å². The molecule has 0 aliphatic rings. The van der Waals surface area contributed by atoms with Crippen LogP contribution in [0, 0.1) is 23.0 Å². The lowest BCUT2D eigenvalue weighted by molar-refractivity contribution is 0.227. The van der Waals surface area contributed by atoms with Gasteiger partial charge >= 0.3 is 0 Å². The van der Waals surface area contributed by atoms with E-state index in [0.717, 1.165) is 12.1 Å². The van der Waals surface area contributed by atoms with E-state index in [1.165, 1.54) is 0 Å². The van der Waals surface area contributed by atoms with Crippen LogP contribution in [0.4, 0.5) is 8.78 Å². The van der Waals surface area contributed by atoms with Crippen molar-refractivity contribution < 1.29 is 18.6 Å². The SMILES string of the molecule is CCC(C#N)Oc1c(F)cc(CO)cc1F. The minimum Gasteiger partial charge on any atom is -0.469 e. The van der Waals surface area contributed by atoms with Crippen molar-refractivity contribution in [2.45, 2.75) is 26.1 Å². The van der Waals surface area contributed by atoms with E-state index in [-0.39, 0.29) is 5.56 Å². The molecular formula is C11H11F2NO2. The van der Waals surface area contributed by atoms with Crippen molar-refractivity contribution in [3.63, 3.8) is 0 Å². The van der Waals surface area contributed by atoms with E-state index in [1.54, 1.807) is 13.0 Å². The minimum absolute atomic E-state index is 0.118. The number of nitriles is 1. The van der Waals surface area contributed by atoms with Crippen LogP contribution in [0.1, 0.15) is 18.9 Å². The van der Waals surface area contributed by atoms with Crippen molar-refractivity contribution >= 4 is 0 Å². The molecule has 1 unspecified atom stereocenters. The van der Waals surface area contributed by atoms with Gasteiger partial charge in [-0.1, -0.05) is 6.92 Å². The summed E-state index contributed by atoms with van der Waals surface area (Å²) in [5.74, 6) is -2.42. The molecule has 1 N–H and O–H groups in total. The largest absolute Gasteiger partial charge is 0.469 e. The fraction of sp³-hybridized carbons (Fsp3) is 0.364. The number of nitrogens with zero attached hydrogens (tertiary/aromatic N) is 1. The molecule has 16 heavy (non-hydrogen) atoms. The second-order valence-electron chi connectivity index (χ2n) is 3.19. The third-order valence-electron chi connectivity index (χ3n) is 2.02. The summed E-state index contributed by atoms with van der Waals surface area (Å²) in [6.07, 6.45) is -0.555. The highest BCUT2D eigenvalue weighted by atomic mass is 19.1. The predicted octanol–water partition coefficient (Wildman–Crippen LogP) is 2.14. The van der Waals surface area contributed by atoms with E-state index in [9.17, 15) is 8.78 Å². The Morgan fingerprint density at radius 1 is 1.44 bits per heavy atom. The van der Waals surface area contributed by atoms with Gasteiger partial charge in [0, 0.05) is 0 Å². The number of aliphatic hydroxyl groups is 1. The van der Waals surface area contributed by atoms with Crippen LogP contribution in [0.25, 0.3) is 0 Å². The summed E-state index contributed by atoms with van der Waals surface area (Å²) in [6, 6.07) is 3.73. The molecule has 0 aliphatic heterocycles. The number of hydrogen-bond acceptors (Lipinski definition) is 3. The Hall–Kier alpha value is -1.67. The van der Waals surface area contributed by atoms with Gasteiger partial charge in [-0.25, -0.2) is 8.78 Å². The van der Waals surface area contributed by atoms with Gasteiger partial charge < -0.3 is 9.84 Å². The lowest BCUT2D eigenvalue weighted by atomic mass is 10.2. The molecule has 1 atom stereocenters. The summed E-state index contributed by atoms with van der Waals surface area (Å²) in [7, 11) is 0. The van der Waals surface area contributed by atoms with Crippen LogP contribution in [-0.2, 0) is 6.61 Å². The zero-order valence-electron chi connectivity index (χ0n) is 8.70. The molecule has 1 aromatic carbocycles. The van der Waals surface area contributed by atoms with Crippen molar-refractivity contribution in [3.05, 3.63) is 29.3 Å². The highest BCUT2D eigenvalue weighted by molar-refractivity contribution is 5.31. The Morgan fingerprint density at radius 3 is 2.38 bits per heavy atom. The maximum atomic E-state index is 13.3. The summed E-state index contributed by atoms with van der Waals surface area (Å²) < 4.78 is 31.6. The number of hydrogen-bond donors (Lipinski definition) is 1. The van der Waals surface area contributed by atoms with Crippen molar-refractivity contribution in [2.24, 2.45) is 0 Å². The Morgan fingerprint density at radius 2 is 2.00 bits per heavy atom. The highest BCUT2D eigenvalue weighted by Gasteiger charge is 2.16. The topological polar surface area (TPSA) is 53.2 Å². The fourth-order valence-electron chi connectivity index (χ4n) is 1.16. The highest BCUT2D eigenvalue weighted by Crippen LogP contribution is 2.24. The van der Waals surface area contributed by atoms with Crippen molar-refractivity contribution in [2.75, 3.05) is 0 Å². The molecule has 1 rings (SSSR count). The van der Waals surface area contributed by atoms with Crippen LogP contribution in [0.5, 0.6) is 5.75 Å². The third-order valence-corrected chi connectivity index (χ3v) is 2.02. The van der Waals surface area contributed by atoms with Gasteiger partial charge in [0.15, 0.2) is 23.5 Å². The van der Waals surface area contributed by atoms with E-state index < -0.39 is 30.1 Å². The first kappa shape index (κ1) is 12.4. The molecule has 86 valence electrons. The van der Waals surface area contributed by atoms with Crippen LogP contribution >= 0.6 is 0 Å². The van der Waals surface area contributed by atoms with Gasteiger partial charge in [0.05, 0.1) is 6.61 Å². The first-order chi connectivity index (χ1) is 7.62. The summed E-state index contributed by atoms with van der Waals surface area (Å²) in [6.45, 7) is 1.22. The van der Waals surface area contributed by atoms with Crippen molar-refractivity contribution in [1.29, 1.82) is 5.26 Å². The standard InChI is InChI=1S/C11H11F2NO2/c1-2-8(5-14)16-11-9(12)3-7(6-15)4-10(11)13/h3-4,8,15H,2,6H2,1H3. The molecule has 0 spiro atoms. The fourth-order valence-corrected chi connectivity index (χ4v) is 1.16. The van der Waals surface area contributed by atoms with E-state index in [1.807, 2.05) is 0 Å². The lowest BCUT2D eigenvalue weighted by Crippen LogP contribution is -2.14. The Balaban J connectivity index is 3.01. The monoisotopic (exact) mass is 227 g/mol. The molecule has 5 heteroatoms. The van der Waals surface area contributed by atoms with E-state index in [4.69, 9.17) is 15.1 Å². The normalized spacial score (nSPS) is 11.9. The van der Waals surface area contributed by atoms with Crippen LogP contribution in [-0.4, -0.2) is 11.2 Å². The van der Waals surface area contributed by atoms with Crippen LogP contribution < -0.4 is 4.74 Å². The minimum atomic E-state index is -0.919. The van der Waals surface area contributed by atoms with Gasteiger partial charge in [0.25, 0.3) is 0 Å². The van der Waals surface area contributed by atoms with Crippen LogP contribution in [0.2, 0.25) is 0 Å². The molecule has 0 aliphatic carbocycles. The van der Waals surface area contributed by atoms with Crippen LogP contribution in [0.15, 0.2) is 12.1 Å². The Kier molecular flexibility index (Phi) is 4.20. The predicted molar refractivity (Wildman–Crippen MR) is 52.6 cm³/mol. The van der Waals surface area contributed by atoms with Gasteiger partial charge in [-0.05, 0) is 24.1 Å². The Bertz CT molecular complexity index is 392. The Labute approximate surface area is 91.9 Å². The quantitative estimate of drug-likeness (QED) is 0.857. The second-order valence-corrected chi connectivity index (χ2v) is 3.19. The molecule has 0 heterocycles. The third kappa shape index (κ3) is 2.67. The average Bonchev–Trinajstić information content (AvgIpc) is 2.28. The summed E-state index contributed by atoms with van der Waals surface area (Å²) in [4.78, 5) is 0. The van der Waals surface area contributed by atoms with Gasteiger partial charge in [-0.3, -0.25) is 0 Å². The molecule has 0 amide bonds. The van der Waals surface area contributed by atoms with Gasteiger partial charge in [-0.2, -0.15) is 5.26 Å². The lowest BCUT2D eigenvalue weighted by Gasteiger charge is -2.12. The molecule has 3 nitrogen and oxygen atoms in total.